The summed E-state index contributed by atoms with van der Waals surface area (Å²) in [6.07, 6.45) is 13.1. The molecule has 2 N–H and O–H groups in total. The molecule has 1 fully saturated rings. The number of hydrogen-bond donors (Lipinski definition) is 2. The standard InChI is InChI=1S/C19H34O4/c1-3-4-5-9-17(20)12-11-16-8-6-13-19(22,15-16)14-7-10-18(21)23-2/h11-12,16-17,20,22H,3-10,13-15H2,1-2H3/t16-,17?,19-/m0/s1. The zero-order valence-electron chi connectivity index (χ0n) is 14.8. The Hall–Kier alpha value is -0.870. The summed E-state index contributed by atoms with van der Waals surface area (Å²) in [6.45, 7) is 2.16. The Bertz CT molecular complexity index is 366. The van der Waals surface area contributed by atoms with Crippen LogP contribution in [-0.4, -0.2) is 35.0 Å². The number of ether oxygens (including phenoxy) is 1. The van der Waals surface area contributed by atoms with Gasteiger partial charge in [0.2, 0.25) is 0 Å². The molecule has 1 aliphatic rings. The fourth-order valence-corrected chi connectivity index (χ4v) is 3.43. The average molecular weight is 326 g/mol. The molecule has 0 aromatic carbocycles. The van der Waals surface area contributed by atoms with E-state index >= 15 is 0 Å². The van der Waals surface area contributed by atoms with E-state index in [4.69, 9.17) is 0 Å². The molecular formula is C19H34O4. The highest BCUT2D eigenvalue weighted by molar-refractivity contribution is 5.68. The highest BCUT2D eigenvalue weighted by Crippen LogP contribution is 2.36. The number of aliphatic hydroxyl groups is 2. The van der Waals surface area contributed by atoms with Crippen LogP contribution in [0.25, 0.3) is 0 Å². The van der Waals surface area contributed by atoms with Crippen LogP contribution in [0.5, 0.6) is 0 Å². The number of carbonyl (C=O) groups excluding carboxylic acids is 1. The van der Waals surface area contributed by atoms with Crippen molar-refractivity contribution in [1.29, 1.82) is 0 Å². The van der Waals surface area contributed by atoms with Gasteiger partial charge in [-0.2, -0.15) is 0 Å². The number of rotatable bonds is 10. The van der Waals surface area contributed by atoms with E-state index in [1.807, 2.05) is 6.08 Å². The predicted molar refractivity (Wildman–Crippen MR) is 92.1 cm³/mol. The van der Waals surface area contributed by atoms with Crippen LogP contribution in [-0.2, 0) is 9.53 Å². The van der Waals surface area contributed by atoms with Gasteiger partial charge in [-0.15, -0.1) is 0 Å². The molecule has 1 saturated carbocycles. The van der Waals surface area contributed by atoms with Crippen LogP contribution in [0.4, 0.5) is 0 Å². The topological polar surface area (TPSA) is 66.8 Å². The molecule has 1 aliphatic carbocycles. The third kappa shape index (κ3) is 8.52. The van der Waals surface area contributed by atoms with Crippen LogP contribution in [0.15, 0.2) is 12.2 Å². The van der Waals surface area contributed by atoms with Gasteiger partial charge in [-0.3, -0.25) is 4.79 Å². The number of carbonyl (C=O) groups is 1. The molecule has 23 heavy (non-hydrogen) atoms. The van der Waals surface area contributed by atoms with Crippen molar-refractivity contribution in [3.05, 3.63) is 12.2 Å². The van der Waals surface area contributed by atoms with Gasteiger partial charge in [-0.05, 0) is 44.4 Å². The monoisotopic (exact) mass is 326 g/mol. The fourth-order valence-electron chi connectivity index (χ4n) is 3.43. The van der Waals surface area contributed by atoms with Gasteiger partial charge in [0.1, 0.15) is 0 Å². The SMILES string of the molecule is CCCCCC(O)C=C[C@@H]1CCC[C@](O)(CCCC(=O)OC)C1. The van der Waals surface area contributed by atoms with E-state index in [-0.39, 0.29) is 12.1 Å². The van der Waals surface area contributed by atoms with Gasteiger partial charge in [0.15, 0.2) is 0 Å². The molecule has 0 saturated heterocycles. The van der Waals surface area contributed by atoms with Gasteiger partial charge in [-0.25, -0.2) is 0 Å². The first-order valence-corrected chi connectivity index (χ1v) is 9.14. The molecule has 0 spiro atoms. The summed E-state index contributed by atoms with van der Waals surface area (Å²) in [5.74, 6) is 0.115. The third-order valence-electron chi connectivity index (χ3n) is 4.82. The highest BCUT2D eigenvalue weighted by Gasteiger charge is 2.33. The van der Waals surface area contributed by atoms with Gasteiger partial charge in [0, 0.05) is 6.42 Å². The zero-order chi connectivity index (χ0) is 17.1. The molecule has 4 heteroatoms. The molecule has 3 atom stereocenters. The molecule has 4 nitrogen and oxygen atoms in total. The van der Waals surface area contributed by atoms with Crippen molar-refractivity contribution in [2.24, 2.45) is 5.92 Å². The molecule has 0 amide bonds. The first kappa shape index (κ1) is 20.2. The van der Waals surface area contributed by atoms with E-state index in [1.165, 1.54) is 7.11 Å². The van der Waals surface area contributed by atoms with Crippen molar-refractivity contribution in [1.82, 2.24) is 0 Å². The second kappa shape index (κ2) is 10.8. The van der Waals surface area contributed by atoms with Crippen molar-refractivity contribution in [2.45, 2.75) is 89.3 Å². The first-order valence-electron chi connectivity index (χ1n) is 9.14. The average Bonchev–Trinajstić information content (AvgIpc) is 2.53. The third-order valence-corrected chi connectivity index (χ3v) is 4.82. The van der Waals surface area contributed by atoms with Crippen LogP contribution in [0.2, 0.25) is 0 Å². The van der Waals surface area contributed by atoms with Crippen molar-refractivity contribution >= 4 is 5.97 Å². The van der Waals surface area contributed by atoms with Crippen LogP contribution in [0.3, 0.4) is 0 Å². The van der Waals surface area contributed by atoms with E-state index in [0.717, 1.165) is 51.4 Å². The quantitative estimate of drug-likeness (QED) is 0.364. The molecule has 0 bridgehead atoms. The van der Waals surface area contributed by atoms with Crippen LogP contribution in [0.1, 0.15) is 77.6 Å². The summed E-state index contributed by atoms with van der Waals surface area (Å²) in [5, 5.41) is 20.7. The van der Waals surface area contributed by atoms with Crippen molar-refractivity contribution in [3.63, 3.8) is 0 Å². The smallest absolute Gasteiger partial charge is 0.305 e. The van der Waals surface area contributed by atoms with Crippen LogP contribution < -0.4 is 0 Å². The second-order valence-electron chi connectivity index (χ2n) is 6.96. The minimum absolute atomic E-state index is 0.212. The summed E-state index contributed by atoms with van der Waals surface area (Å²) < 4.78 is 4.64. The summed E-state index contributed by atoms with van der Waals surface area (Å²) in [7, 11) is 1.39. The molecule has 0 aliphatic heterocycles. The minimum atomic E-state index is -0.672. The summed E-state index contributed by atoms with van der Waals surface area (Å²) in [6, 6.07) is 0. The lowest BCUT2D eigenvalue weighted by Crippen LogP contribution is -2.35. The number of unbranched alkanes of at least 4 members (excludes halogenated alkanes) is 2. The number of aliphatic hydroxyl groups excluding tert-OH is 1. The predicted octanol–water partition coefficient (Wildman–Crippen LogP) is 3.75. The van der Waals surface area contributed by atoms with Crippen LogP contribution in [0, 0.1) is 5.92 Å². The summed E-state index contributed by atoms with van der Waals surface area (Å²) >= 11 is 0. The van der Waals surface area contributed by atoms with Crippen molar-refractivity contribution in [2.75, 3.05) is 7.11 Å². The van der Waals surface area contributed by atoms with Gasteiger partial charge >= 0.3 is 5.97 Å². The van der Waals surface area contributed by atoms with E-state index in [0.29, 0.717) is 25.2 Å². The normalized spacial score (nSPS) is 26.3. The molecular weight excluding hydrogens is 292 g/mol. The number of allylic oxidation sites excluding steroid dienone is 1. The Morgan fingerprint density at radius 2 is 2.17 bits per heavy atom. The van der Waals surface area contributed by atoms with Crippen molar-refractivity contribution in [3.8, 4) is 0 Å². The number of esters is 1. The minimum Gasteiger partial charge on any atom is -0.469 e. The highest BCUT2D eigenvalue weighted by atomic mass is 16.5. The maximum atomic E-state index is 11.2. The molecule has 134 valence electrons. The molecule has 0 aromatic rings. The maximum absolute atomic E-state index is 11.2. The molecule has 0 aromatic heterocycles. The lowest BCUT2D eigenvalue weighted by atomic mass is 9.75. The molecule has 0 radical (unpaired) electrons. The Labute approximate surface area is 140 Å². The Morgan fingerprint density at radius 1 is 1.39 bits per heavy atom. The zero-order valence-corrected chi connectivity index (χ0v) is 14.8. The van der Waals surface area contributed by atoms with Gasteiger partial charge in [-0.1, -0.05) is 44.8 Å². The summed E-state index contributed by atoms with van der Waals surface area (Å²) in [5.41, 5.74) is -0.672. The van der Waals surface area contributed by atoms with E-state index in [1.54, 1.807) is 0 Å². The van der Waals surface area contributed by atoms with E-state index in [2.05, 4.69) is 17.7 Å². The number of hydrogen-bond acceptors (Lipinski definition) is 4. The molecule has 0 heterocycles. The summed E-state index contributed by atoms with van der Waals surface area (Å²) in [4.78, 5) is 11.2. The van der Waals surface area contributed by atoms with Gasteiger partial charge < -0.3 is 14.9 Å². The lowest BCUT2D eigenvalue weighted by molar-refractivity contribution is -0.141. The van der Waals surface area contributed by atoms with Gasteiger partial charge in [0.25, 0.3) is 0 Å². The van der Waals surface area contributed by atoms with E-state index < -0.39 is 5.60 Å². The van der Waals surface area contributed by atoms with Crippen LogP contribution >= 0.6 is 0 Å². The Balaban J connectivity index is 2.36. The number of methoxy groups -OCH3 is 1. The van der Waals surface area contributed by atoms with Crippen molar-refractivity contribution < 1.29 is 19.7 Å². The second-order valence-corrected chi connectivity index (χ2v) is 6.96. The fraction of sp³-hybridized carbons (Fsp3) is 0.842. The Kier molecular flexibility index (Phi) is 9.49. The first-order chi connectivity index (χ1) is 11.0. The van der Waals surface area contributed by atoms with Gasteiger partial charge in [0.05, 0.1) is 18.8 Å². The molecule has 1 unspecified atom stereocenters. The largest absolute Gasteiger partial charge is 0.469 e. The molecule has 1 rings (SSSR count). The lowest BCUT2D eigenvalue weighted by Gasteiger charge is -2.36. The van der Waals surface area contributed by atoms with E-state index in [9.17, 15) is 15.0 Å². The Morgan fingerprint density at radius 3 is 2.87 bits per heavy atom. The maximum Gasteiger partial charge on any atom is 0.305 e.